The zero-order chi connectivity index (χ0) is 18.6. The van der Waals surface area contributed by atoms with Crippen LogP contribution in [0.2, 0.25) is 0 Å². The van der Waals surface area contributed by atoms with Gasteiger partial charge in [0.25, 0.3) is 5.91 Å². The Morgan fingerprint density at radius 2 is 2.08 bits per heavy atom. The first-order valence-electron chi connectivity index (χ1n) is 8.86. The Balaban J connectivity index is 1.61. The van der Waals surface area contributed by atoms with Crippen molar-refractivity contribution in [1.82, 2.24) is 15.2 Å². The Labute approximate surface area is 152 Å². The van der Waals surface area contributed by atoms with Crippen molar-refractivity contribution in [3.8, 4) is 0 Å². The molecule has 5 nitrogen and oxygen atoms in total. The minimum Gasteiger partial charge on any atom is -0.379 e. The number of piperidine rings is 1. The van der Waals surface area contributed by atoms with Crippen LogP contribution in [0.25, 0.3) is 0 Å². The number of rotatable bonds is 6. The van der Waals surface area contributed by atoms with Gasteiger partial charge in [0.2, 0.25) is 0 Å². The van der Waals surface area contributed by atoms with Crippen LogP contribution in [0.3, 0.4) is 0 Å². The van der Waals surface area contributed by atoms with Crippen molar-refractivity contribution in [2.75, 3.05) is 13.1 Å². The van der Waals surface area contributed by atoms with E-state index < -0.39 is 5.60 Å². The van der Waals surface area contributed by atoms with Gasteiger partial charge in [-0.05, 0) is 38.0 Å². The second kappa shape index (κ2) is 7.93. The summed E-state index contributed by atoms with van der Waals surface area (Å²) in [5.41, 5.74) is 0.780. The zero-order valence-electron chi connectivity index (χ0n) is 14.9. The van der Waals surface area contributed by atoms with Crippen molar-refractivity contribution < 1.29 is 14.3 Å². The van der Waals surface area contributed by atoms with Gasteiger partial charge in [-0.3, -0.25) is 9.78 Å². The fraction of sp³-hybridized carbons (Fsp3) is 0.400. The van der Waals surface area contributed by atoms with E-state index in [2.05, 4.69) is 10.3 Å². The van der Waals surface area contributed by atoms with Crippen molar-refractivity contribution in [3.05, 3.63) is 65.2 Å². The number of aryl methyl sites for hydroxylation is 1. The summed E-state index contributed by atoms with van der Waals surface area (Å²) >= 11 is 0. The van der Waals surface area contributed by atoms with Crippen molar-refractivity contribution >= 4 is 5.91 Å². The van der Waals surface area contributed by atoms with Crippen LogP contribution in [0.1, 0.15) is 29.8 Å². The van der Waals surface area contributed by atoms with E-state index in [1.807, 2.05) is 25.1 Å². The number of amides is 1. The molecule has 0 radical (unpaired) electrons. The van der Waals surface area contributed by atoms with Gasteiger partial charge in [-0.1, -0.05) is 24.3 Å². The lowest BCUT2D eigenvalue weighted by Gasteiger charge is -2.38. The highest BCUT2D eigenvalue weighted by atomic mass is 19.1. The number of hydrogen-bond donors (Lipinski definition) is 2. The number of benzene rings is 1. The number of nitrogens with zero attached hydrogens (tertiary/aromatic N) is 2. The van der Waals surface area contributed by atoms with Gasteiger partial charge in [-0.2, -0.15) is 0 Å². The molecule has 0 bridgehead atoms. The van der Waals surface area contributed by atoms with Crippen molar-refractivity contribution in [1.29, 1.82) is 0 Å². The van der Waals surface area contributed by atoms with Crippen molar-refractivity contribution in [3.63, 3.8) is 0 Å². The van der Waals surface area contributed by atoms with Crippen LogP contribution in [0, 0.1) is 12.7 Å². The molecule has 26 heavy (non-hydrogen) atoms. The molecule has 1 saturated heterocycles. The molecule has 0 aliphatic carbocycles. The minimum absolute atomic E-state index is 0.148. The number of likely N-dealkylation sites (tertiary alicyclic amines) is 1. The molecule has 0 spiro atoms. The number of nitrogens with one attached hydrogen (secondary N) is 1. The van der Waals surface area contributed by atoms with Gasteiger partial charge >= 0.3 is 0 Å². The van der Waals surface area contributed by atoms with Crippen LogP contribution in [-0.4, -0.2) is 39.6 Å². The minimum atomic E-state index is -1.46. The number of hydrogen-bond acceptors (Lipinski definition) is 4. The first-order chi connectivity index (χ1) is 12.5. The lowest BCUT2D eigenvalue weighted by molar-refractivity contribution is -0.157. The summed E-state index contributed by atoms with van der Waals surface area (Å²) in [5.74, 6) is -0.685. The highest BCUT2D eigenvalue weighted by Gasteiger charge is 2.41. The molecule has 1 aromatic heterocycles. The molecule has 1 aliphatic rings. The van der Waals surface area contributed by atoms with Crippen LogP contribution in [0.15, 0.2) is 42.5 Å². The predicted molar refractivity (Wildman–Crippen MR) is 96.7 cm³/mol. The number of aromatic nitrogens is 1. The van der Waals surface area contributed by atoms with Crippen LogP contribution in [0.4, 0.5) is 4.39 Å². The van der Waals surface area contributed by atoms with Gasteiger partial charge in [-0.15, -0.1) is 0 Å². The highest BCUT2D eigenvalue weighted by molar-refractivity contribution is 5.86. The van der Waals surface area contributed by atoms with Gasteiger partial charge in [0.15, 0.2) is 5.60 Å². The summed E-state index contributed by atoms with van der Waals surface area (Å²) in [7, 11) is 0. The van der Waals surface area contributed by atoms with Gasteiger partial charge in [0.1, 0.15) is 5.82 Å². The number of halogens is 1. The molecule has 2 aromatic rings. The summed E-state index contributed by atoms with van der Waals surface area (Å²) < 4.78 is 13.9. The monoisotopic (exact) mass is 357 g/mol. The van der Waals surface area contributed by atoms with E-state index in [-0.39, 0.29) is 24.8 Å². The Morgan fingerprint density at radius 3 is 2.85 bits per heavy atom. The molecule has 0 unspecified atom stereocenters. The molecule has 6 heteroatoms. The largest absolute Gasteiger partial charge is 0.379 e. The van der Waals surface area contributed by atoms with E-state index >= 15 is 0 Å². The normalized spacial score (nSPS) is 20.4. The summed E-state index contributed by atoms with van der Waals surface area (Å²) in [6.45, 7) is 3.24. The maximum Gasteiger partial charge on any atom is 0.256 e. The third-order valence-corrected chi connectivity index (χ3v) is 4.69. The Morgan fingerprint density at radius 1 is 1.27 bits per heavy atom. The van der Waals surface area contributed by atoms with E-state index in [0.29, 0.717) is 31.5 Å². The fourth-order valence-corrected chi connectivity index (χ4v) is 3.31. The smallest absolute Gasteiger partial charge is 0.256 e. The number of aliphatic hydroxyl groups is 1. The molecule has 0 saturated carbocycles. The third kappa shape index (κ3) is 4.26. The van der Waals surface area contributed by atoms with Crippen LogP contribution in [-0.2, 0) is 17.9 Å². The molecule has 3 rings (SSSR count). The van der Waals surface area contributed by atoms with E-state index in [4.69, 9.17) is 0 Å². The maximum absolute atomic E-state index is 13.9. The summed E-state index contributed by atoms with van der Waals surface area (Å²) in [5, 5.41) is 14.0. The van der Waals surface area contributed by atoms with Gasteiger partial charge in [0, 0.05) is 37.4 Å². The van der Waals surface area contributed by atoms with E-state index in [1.165, 1.54) is 11.0 Å². The lowest BCUT2D eigenvalue weighted by Crippen LogP contribution is -2.57. The SMILES string of the molecule is Cc1cccc(CNC[C@]2(O)CCCN(Cc3ccccc3F)C2=O)n1. The average Bonchev–Trinajstić information content (AvgIpc) is 2.61. The topological polar surface area (TPSA) is 65.5 Å². The van der Waals surface area contributed by atoms with E-state index in [0.717, 1.165) is 11.4 Å². The Kier molecular flexibility index (Phi) is 5.64. The Hall–Kier alpha value is -2.31. The molecule has 1 fully saturated rings. The number of pyridine rings is 1. The number of carbonyl (C=O) groups is 1. The predicted octanol–water partition coefficient (Wildman–Crippen LogP) is 2.17. The molecule has 138 valence electrons. The van der Waals surface area contributed by atoms with Crippen LogP contribution < -0.4 is 5.32 Å². The second-order valence-corrected chi connectivity index (χ2v) is 6.83. The molecular formula is C20H24FN3O2. The van der Waals surface area contributed by atoms with E-state index in [9.17, 15) is 14.3 Å². The quantitative estimate of drug-likeness (QED) is 0.832. The molecule has 1 amide bonds. The fourth-order valence-electron chi connectivity index (χ4n) is 3.31. The summed E-state index contributed by atoms with van der Waals surface area (Å²) in [6.07, 6.45) is 1.08. The molecule has 2 heterocycles. The molecule has 2 N–H and O–H groups in total. The summed E-state index contributed by atoms with van der Waals surface area (Å²) in [4.78, 5) is 18.7. The van der Waals surface area contributed by atoms with Gasteiger partial charge in [0.05, 0.1) is 5.69 Å². The Bertz CT molecular complexity index is 783. The molecule has 1 aromatic carbocycles. The van der Waals surface area contributed by atoms with Crippen LogP contribution in [0.5, 0.6) is 0 Å². The van der Waals surface area contributed by atoms with Gasteiger partial charge in [-0.25, -0.2) is 4.39 Å². The maximum atomic E-state index is 13.9. The van der Waals surface area contributed by atoms with Gasteiger partial charge < -0.3 is 15.3 Å². The first kappa shape index (κ1) is 18.5. The van der Waals surface area contributed by atoms with Crippen molar-refractivity contribution in [2.45, 2.75) is 38.5 Å². The lowest BCUT2D eigenvalue weighted by atomic mass is 9.91. The van der Waals surface area contributed by atoms with Crippen LogP contribution >= 0.6 is 0 Å². The highest BCUT2D eigenvalue weighted by Crippen LogP contribution is 2.24. The standard InChI is InChI=1S/C20H24FN3O2/c1-15-6-4-8-17(23-15)12-22-14-20(26)10-5-11-24(19(20)25)13-16-7-2-3-9-18(16)21/h2-4,6-9,22,26H,5,10-14H2,1H3/t20-/m1/s1. The first-order valence-corrected chi connectivity index (χ1v) is 8.86. The van der Waals surface area contributed by atoms with E-state index in [1.54, 1.807) is 18.2 Å². The van der Waals surface area contributed by atoms with Crippen molar-refractivity contribution in [2.24, 2.45) is 0 Å². The molecule has 1 atom stereocenters. The summed E-state index contributed by atoms with van der Waals surface area (Å²) in [6, 6.07) is 12.2. The zero-order valence-corrected chi connectivity index (χ0v) is 14.9. The molecule has 1 aliphatic heterocycles. The number of carbonyl (C=O) groups excluding carboxylic acids is 1. The molecular weight excluding hydrogens is 333 g/mol. The second-order valence-electron chi connectivity index (χ2n) is 6.83. The average molecular weight is 357 g/mol. The third-order valence-electron chi connectivity index (χ3n) is 4.69.